The minimum Gasteiger partial charge on any atom is -0.497 e. The maximum Gasteiger partial charge on any atom is 0.573 e. The summed E-state index contributed by atoms with van der Waals surface area (Å²) in [5.41, 5.74) is 2.93. The van der Waals surface area contributed by atoms with Gasteiger partial charge in [-0.3, -0.25) is 0 Å². The molecule has 1 heterocycles. The number of nitrogens with zero attached hydrogens (tertiary/aromatic N) is 1. The first-order valence-electron chi connectivity index (χ1n) is 11.6. The summed E-state index contributed by atoms with van der Waals surface area (Å²) in [6.07, 6.45) is -4.77. The third-order valence-electron chi connectivity index (χ3n) is 5.47. The van der Waals surface area contributed by atoms with Gasteiger partial charge in [0.1, 0.15) is 34.6 Å². The number of aromatic nitrogens is 1. The fraction of sp³-hybridized carbons (Fsp3) is 0.214. The number of aryl methyl sites for hydroxylation is 1. The van der Waals surface area contributed by atoms with Gasteiger partial charge in [0.2, 0.25) is 0 Å². The van der Waals surface area contributed by atoms with Crippen LogP contribution in [0.5, 0.6) is 23.0 Å². The summed E-state index contributed by atoms with van der Waals surface area (Å²) in [5, 5.41) is 0.662. The summed E-state index contributed by atoms with van der Waals surface area (Å²) in [4.78, 5) is 16.9. The number of hydrogen-bond donors (Lipinski definition) is 0. The summed E-state index contributed by atoms with van der Waals surface area (Å²) in [5.74, 6) is 1.00. The van der Waals surface area contributed by atoms with E-state index in [0.29, 0.717) is 33.5 Å². The topological polar surface area (TPSA) is 76.1 Å². The first-order chi connectivity index (χ1) is 18.6. The standard InChI is InChI=1S/C28H24F3NO6S/c1-17-14-22(12-13-23(17)37-16-25(33)35-3)36-15-24-32-26(18-4-8-20(34-2)9-5-18)27(39-24)19-6-10-21(11-7-19)38-28(29,30)31/h4-14H,15-16H2,1-3H3. The Hall–Kier alpha value is -4.25. The van der Waals surface area contributed by atoms with Crippen LogP contribution < -0.4 is 18.9 Å². The van der Waals surface area contributed by atoms with Gasteiger partial charge in [-0.15, -0.1) is 24.5 Å². The third-order valence-corrected chi connectivity index (χ3v) is 6.54. The van der Waals surface area contributed by atoms with Crippen LogP contribution in [0.25, 0.3) is 21.7 Å². The Balaban J connectivity index is 1.57. The van der Waals surface area contributed by atoms with Crippen molar-refractivity contribution in [1.29, 1.82) is 0 Å². The Morgan fingerprint density at radius 1 is 0.872 bits per heavy atom. The van der Waals surface area contributed by atoms with Crippen molar-refractivity contribution in [2.45, 2.75) is 19.9 Å². The highest BCUT2D eigenvalue weighted by Crippen LogP contribution is 2.39. The van der Waals surface area contributed by atoms with E-state index < -0.39 is 12.3 Å². The summed E-state index contributed by atoms with van der Waals surface area (Å²) >= 11 is 1.37. The predicted octanol–water partition coefficient (Wildman–Crippen LogP) is 6.82. The molecule has 0 spiro atoms. The van der Waals surface area contributed by atoms with Crippen LogP contribution in [-0.4, -0.2) is 38.1 Å². The Morgan fingerprint density at radius 3 is 2.13 bits per heavy atom. The lowest BCUT2D eigenvalue weighted by Crippen LogP contribution is -2.16. The number of rotatable bonds is 10. The summed E-state index contributed by atoms with van der Waals surface area (Å²) < 4.78 is 63.0. The van der Waals surface area contributed by atoms with Gasteiger partial charge in [-0.05, 0) is 84.8 Å². The number of thiazole rings is 1. The van der Waals surface area contributed by atoms with Crippen LogP contribution in [0.4, 0.5) is 13.2 Å². The molecule has 0 aliphatic carbocycles. The highest BCUT2D eigenvalue weighted by Gasteiger charge is 2.31. The largest absolute Gasteiger partial charge is 0.573 e. The van der Waals surface area contributed by atoms with Gasteiger partial charge >= 0.3 is 12.3 Å². The van der Waals surface area contributed by atoms with E-state index in [1.807, 2.05) is 31.2 Å². The number of carbonyl (C=O) groups is 1. The predicted molar refractivity (Wildman–Crippen MR) is 139 cm³/mol. The first-order valence-corrected chi connectivity index (χ1v) is 12.4. The number of methoxy groups -OCH3 is 2. The molecule has 0 aliphatic heterocycles. The van der Waals surface area contributed by atoms with Crippen LogP contribution in [0, 0.1) is 6.92 Å². The molecule has 1 aromatic heterocycles. The second-order valence-electron chi connectivity index (χ2n) is 8.17. The smallest absolute Gasteiger partial charge is 0.497 e. The van der Waals surface area contributed by atoms with E-state index in [1.54, 1.807) is 37.4 Å². The zero-order valence-electron chi connectivity index (χ0n) is 21.2. The highest BCUT2D eigenvalue weighted by atomic mass is 32.1. The van der Waals surface area contributed by atoms with Crippen molar-refractivity contribution in [2.75, 3.05) is 20.8 Å². The fourth-order valence-electron chi connectivity index (χ4n) is 3.59. The van der Waals surface area contributed by atoms with E-state index in [9.17, 15) is 18.0 Å². The van der Waals surface area contributed by atoms with Crippen LogP contribution in [0.3, 0.4) is 0 Å². The summed E-state index contributed by atoms with van der Waals surface area (Å²) in [6, 6.07) is 18.2. The summed E-state index contributed by atoms with van der Waals surface area (Å²) in [7, 11) is 2.86. The van der Waals surface area contributed by atoms with Crippen LogP contribution in [0.1, 0.15) is 10.6 Å². The van der Waals surface area contributed by atoms with E-state index in [2.05, 4.69) is 9.47 Å². The van der Waals surface area contributed by atoms with Crippen molar-refractivity contribution in [1.82, 2.24) is 4.98 Å². The fourth-order valence-corrected chi connectivity index (χ4v) is 4.59. The number of esters is 1. The molecule has 0 aliphatic rings. The SMILES string of the molecule is COC(=O)COc1ccc(OCc2nc(-c3ccc(OC)cc3)c(-c3ccc(OC(F)(F)F)cc3)s2)cc1C. The third kappa shape index (κ3) is 7.41. The molecule has 204 valence electrons. The van der Waals surface area contributed by atoms with Crippen LogP contribution in [-0.2, 0) is 16.1 Å². The second-order valence-corrected chi connectivity index (χ2v) is 9.25. The molecule has 39 heavy (non-hydrogen) atoms. The van der Waals surface area contributed by atoms with Crippen molar-refractivity contribution in [3.8, 4) is 44.7 Å². The van der Waals surface area contributed by atoms with Gasteiger partial charge < -0.3 is 23.7 Å². The Morgan fingerprint density at radius 2 is 1.51 bits per heavy atom. The molecule has 7 nitrogen and oxygen atoms in total. The highest BCUT2D eigenvalue weighted by molar-refractivity contribution is 7.15. The van der Waals surface area contributed by atoms with Crippen LogP contribution in [0.2, 0.25) is 0 Å². The van der Waals surface area contributed by atoms with E-state index in [-0.39, 0.29) is 19.0 Å². The molecule has 0 saturated carbocycles. The zero-order valence-corrected chi connectivity index (χ0v) is 22.0. The molecule has 0 fully saturated rings. The molecule has 0 unspecified atom stereocenters. The van der Waals surface area contributed by atoms with E-state index in [0.717, 1.165) is 16.0 Å². The molecular formula is C28H24F3NO6S. The molecule has 0 atom stereocenters. The maximum atomic E-state index is 12.6. The number of benzene rings is 3. The van der Waals surface area contributed by atoms with Gasteiger partial charge in [0, 0.05) is 5.56 Å². The van der Waals surface area contributed by atoms with Gasteiger partial charge in [-0.1, -0.05) is 0 Å². The van der Waals surface area contributed by atoms with Crippen molar-refractivity contribution in [2.24, 2.45) is 0 Å². The monoisotopic (exact) mass is 559 g/mol. The van der Waals surface area contributed by atoms with Crippen molar-refractivity contribution < 1.29 is 41.7 Å². The van der Waals surface area contributed by atoms with Gasteiger partial charge in [0.05, 0.1) is 24.8 Å². The van der Waals surface area contributed by atoms with Crippen LogP contribution in [0.15, 0.2) is 66.7 Å². The summed E-state index contributed by atoms with van der Waals surface area (Å²) in [6.45, 7) is 1.79. The normalized spacial score (nSPS) is 11.1. The lowest BCUT2D eigenvalue weighted by atomic mass is 10.1. The first kappa shape index (κ1) is 27.8. The number of halogens is 3. The van der Waals surface area contributed by atoms with E-state index in [1.165, 1.54) is 30.6 Å². The van der Waals surface area contributed by atoms with Crippen molar-refractivity contribution in [3.63, 3.8) is 0 Å². The average Bonchev–Trinajstić information content (AvgIpc) is 3.35. The minimum atomic E-state index is -4.77. The lowest BCUT2D eigenvalue weighted by Gasteiger charge is -2.10. The molecule has 3 aromatic carbocycles. The number of hydrogen-bond acceptors (Lipinski definition) is 8. The number of carbonyl (C=O) groups excluding carboxylic acids is 1. The molecule has 4 aromatic rings. The molecule has 11 heteroatoms. The van der Waals surface area contributed by atoms with Gasteiger partial charge in [0.25, 0.3) is 0 Å². The van der Waals surface area contributed by atoms with E-state index in [4.69, 9.17) is 19.2 Å². The minimum absolute atomic E-state index is 0.158. The van der Waals surface area contributed by atoms with Gasteiger partial charge in [-0.2, -0.15) is 0 Å². The Kier molecular flexibility index (Phi) is 8.60. The lowest BCUT2D eigenvalue weighted by molar-refractivity contribution is -0.274. The Labute approximate surface area is 226 Å². The second kappa shape index (κ2) is 12.1. The zero-order chi connectivity index (χ0) is 28.0. The Bertz CT molecular complexity index is 1420. The van der Waals surface area contributed by atoms with Gasteiger partial charge in [0.15, 0.2) is 6.61 Å². The van der Waals surface area contributed by atoms with Gasteiger partial charge in [-0.25, -0.2) is 9.78 Å². The maximum absolute atomic E-state index is 12.6. The van der Waals surface area contributed by atoms with Crippen LogP contribution >= 0.6 is 11.3 Å². The molecule has 4 rings (SSSR count). The number of ether oxygens (including phenoxy) is 5. The average molecular weight is 560 g/mol. The molecule has 0 saturated heterocycles. The quantitative estimate of drug-likeness (QED) is 0.197. The van der Waals surface area contributed by atoms with Crippen molar-refractivity contribution in [3.05, 3.63) is 77.3 Å². The van der Waals surface area contributed by atoms with Crippen molar-refractivity contribution >= 4 is 17.3 Å². The molecule has 0 N–H and O–H groups in total. The molecule has 0 bridgehead atoms. The van der Waals surface area contributed by atoms with E-state index >= 15 is 0 Å². The molecular weight excluding hydrogens is 535 g/mol. The molecule has 0 amide bonds. The number of alkyl halides is 3. The molecule has 0 radical (unpaired) electrons.